The van der Waals surface area contributed by atoms with Crippen molar-refractivity contribution in [1.29, 1.82) is 0 Å². The lowest BCUT2D eigenvalue weighted by Crippen LogP contribution is -2.46. The summed E-state index contributed by atoms with van der Waals surface area (Å²) in [4.78, 5) is 51.2. The SMILES string of the molecule is Cc1c(C(=O)N(C)CC(=O)N2CCCC(C(=O)O)C2)oc2c1C(=O)CCC2. The van der Waals surface area contributed by atoms with Crippen LogP contribution in [-0.2, 0) is 16.0 Å². The summed E-state index contributed by atoms with van der Waals surface area (Å²) in [5, 5.41) is 9.15. The predicted octanol–water partition coefficient (Wildman–Crippen LogP) is 1.50. The summed E-state index contributed by atoms with van der Waals surface area (Å²) in [7, 11) is 1.50. The van der Waals surface area contributed by atoms with Crippen molar-refractivity contribution in [2.45, 2.75) is 39.0 Å². The monoisotopic (exact) mass is 376 g/mol. The average molecular weight is 376 g/mol. The Morgan fingerprint density at radius 2 is 2.00 bits per heavy atom. The number of aryl methyl sites for hydroxylation is 1. The first-order valence-electron chi connectivity index (χ1n) is 9.21. The topological polar surface area (TPSA) is 108 Å². The number of likely N-dealkylation sites (N-methyl/N-ethyl adjacent to an activating group) is 1. The Bertz CT molecular complexity index is 796. The Kier molecular flexibility index (Phi) is 5.34. The number of rotatable bonds is 4. The number of carboxylic acids is 1. The highest BCUT2D eigenvalue weighted by molar-refractivity contribution is 6.03. The van der Waals surface area contributed by atoms with Gasteiger partial charge in [0, 0.05) is 38.5 Å². The Hall–Kier alpha value is -2.64. The molecule has 0 spiro atoms. The van der Waals surface area contributed by atoms with E-state index < -0.39 is 17.8 Å². The van der Waals surface area contributed by atoms with Crippen molar-refractivity contribution < 1.29 is 28.7 Å². The molecule has 146 valence electrons. The molecule has 1 unspecified atom stereocenters. The van der Waals surface area contributed by atoms with Crippen molar-refractivity contribution in [3.8, 4) is 0 Å². The second-order valence-corrected chi connectivity index (χ2v) is 7.31. The van der Waals surface area contributed by atoms with E-state index in [4.69, 9.17) is 9.52 Å². The number of carboxylic acid groups (broad SMARTS) is 1. The third-order valence-electron chi connectivity index (χ3n) is 5.34. The molecular formula is C19H24N2O6. The van der Waals surface area contributed by atoms with Crippen molar-refractivity contribution in [1.82, 2.24) is 9.80 Å². The van der Waals surface area contributed by atoms with Gasteiger partial charge >= 0.3 is 5.97 Å². The lowest BCUT2D eigenvalue weighted by Gasteiger charge is -2.31. The number of hydrogen-bond acceptors (Lipinski definition) is 5. The third kappa shape index (κ3) is 3.74. The molecule has 1 aliphatic heterocycles. The number of carbonyl (C=O) groups is 4. The lowest BCUT2D eigenvalue weighted by atomic mass is 9.94. The fourth-order valence-corrected chi connectivity index (χ4v) is 3.81. The second kappa shape index (κ2) is 7.54. The van der Waals surface area contributed by atoms with E-state index in [0.29, 0.717) is 55.5 Å². The number of piperidine rings is 1. The number of nitrogens with zero attached hydrogens (tertiary/aromatic N) is 2. The van der Waals surface area contributed by atoms with Crippen molar-refractivity contribution in [2.75, 3.05) is 26.7 Å². The summed E-state index contributed by atoms with van der Waals surface area (Å²) >= 11 is 0. The van der Waals surface area contributed by atoms with Crippen molar-refractivity contribution in [3.63, 3.8) is 0 Å². The third-order valence-corrected chi connectivity index (χ3v) is 5.34. The second-order valence-electron chi connectivity index (χ2n) is 7.31. The first-order chi connectivity index (χ1) is 12.8. The Labute approximate surface area is 157 Å². The van der Waals surface area contributed by atoms with Gasteiger partial charge in [-0.3, -0.25) is 19.2 Å². The van der Waals surface area contributed by atoms with Gasteiger partial charge in [-0.15, -0.1) is 0 Å². The zero-order valence-corrected chi connectivity index (χ0v) is 15.6. The number of Topliss-reactive ketones (excluding diaryl/α,β-unsaturated/α-hetero) is 1. The summed E-state index contributed by atoms with van der Waals surface area (Å²) in [6.45, 7) is 2.19. The van der Waals surface area contributed by atoms with Crippen LogP contribution in [0.4, 0.5) is 0 Å². The van der Waals surface area contributed by atoms with Gasteiger partial charge in [-0.2, -0.15) is 0 Å². The van der Waals surface area contributed by atoms with Crippen LogP contribution in [0.1, 0.15) is 57.9 Å². The normalized spacial score (nSPS) is 19.6. The van der Waals surface area contributed by atoms with E-state index in [-0.39, 0.29) is 30.5 Å². The highest BCUT2D eigenvalue weighted by Gasteiger charge is 2.32. The van der Waals surface area contributed by atoms with E-state index in [1.807, 2.05) is 0 Å². The summed E-state index contributed by atoms with van der Waals surface area (Å²) < 4.78 is 5.65. The zero-order chi connectivity index (χ0) is 19.7. The van der Waals surface area contributed by atoms with Crippen molar-refractivity contribution in [2.24, 2.45) is 5.92 Å². The first-order valence-corrected chi connectivity index (χ1v) is 9.21. The van der Waals surface area contributed by atoms with Crippen LogP contribution < -0.4 is 0 Å². The van der Waals surface area contributed by atoms with Crippen LogP contribution in [0, 0.1) is 12.8 Å². The summed E-state index contributed by atoms with van der Waals surface area (Å²) in [5.74, 6) is -1.56. The molecule has 8 heteroatoms. The van der Waals surface area contributed by atoms with E-state index in [0.717, 1.165) is 0 Å². The van der Waals surface area contributed by atoms with Crippen LogP contribution in [0.3, 0.4) is 0 Å². The number of fused-ring (bicyclic) bond motifs is 1. The molecule has 1 fully saturated rings. The molecule has 1 aromatic heterocycles. The van der Waals surface area contributed by atoms with E-state index in [1.54, 1.807) is 6.92 Å². The van der Waals surface area contributed by atoms with Gasteiger partial charge in [-0.25, -0.2) is 0 Å². The molecule has 1 aliphatic carbocycles. The van der Waals surface area contributed by atoms with E-state index >= 15 is 0 Å². The van der Waals surface area contributed by atoms with Crippen LogP contribution in [-0.4, -0.2) is 65.2 Å². The minimum Gasteiger partial charge on any atom is -0.481 e. The molecule has 1 aromatic rings. The molecule has 0 radical (unpaired) electrons. The molecule has 27 heavy (non-hydrogen) atoms. The minimum atomic E-state index is -0.904. The standard InChI is InChI=1S/C19H24N2O6/c1-11-16-13(22)6-3-7-14(16)27-17(11)18(24)20(2)10-15(23)21-8-4-5-12(9-21)19(25)26/h12H,3-10H2,1-2H3,(H,25,26). The Morgan fingerprint density at radius 1 is 1.26 bits per heavy atom. The fourth-order valence-electron chi connectivity index (χ4n) is 3.81. The highest BCUT2D eigenvalue weighted by atomic mass is 16.4. The zero-order valence-electron chi connectivity index (χ0n) is 15.6. The predicted molar refractivity (Wildman–Crippen MR) is 94.6 cm³/mol. The molecule has 1 N–H and O–H groups in total. The van der Waals surface area contributed by atoms with Crippen LogP contribution >= 0.6 is 0 Å². The van der Waals surface area contributed by atoms with Crippen LogP contribution in [0.25, 0.3) is 0 Å². The van der Waals surface area contributed by atoms with E-state index in [2.05, 4.69) is 0 Å². The minimum absolute atomic E-state index is 0.0108. The number of ketones is 1. The van der Waals surface area contributed by atoms with Crippen LogP contribution in [0.15, 0.2) is 4.42 Å². The van der Waals surface area contributed by atoms with Gasteiger partial charge < -0.3 is 19.3 Å². The van der Waals surface area contributed by atoms with Gasteiger partial charge in [0.05, 0.1) is 18.0 Å². The lowest BCUT2D eigenvalue weighted by molar-refractivity contribution is -0.145. The molecule has 0 aromatic carbocycles. The molecule has 8 nitrogen and oxygen atoms in total. The van der Waals surface area contributed by atoms with Crippen LogP contribution in [0.2, 0.25) is 0 Å². The number of aliphatic carboxylic acids is 1. The number of amides is 2. The Balaban J connectivity index is 1.68. The number of likely N-dealkylation sites (tertiary alicyclic amines) is 1. The molecule has 2 heterocycles. The van der Waals surface area contributed by atoms with Gasteiger partial charge in [-0.05, 0) is 26.2 Å². The van der Waals surface area contributed by atoms with Gasteiger partial charge in [0.2, 0.25) is 5.91 Å². The number of carbonyl (C=O) groups excluding carboxylic acids is 3. The molecular weight excluding hydrogens is 352 g/mol. The fraction of sp³-hybridized carbons (Fsp3) is 0.579. The van der Waals surface area contributed by atoms with Gasteiger partial charge in [-0.1, -0.05) is 0 Å². The molecule has 2 amide bonds. The van der Waals surface area contributed by atoms with Gasteiger partial charge in [0.15, 0.2) is 11.5 Å². The van der Waals surface area contributed by atoms with E-state index in [1.165, 1.54) is 16.8 Å². The summed E-state index contributed by atoms with van der Waals surface area (Å²) in [6.07, 6.45) is 2.98. The molecule has 1 saturated heterocycles. The molecule has 3 rings (SSSR count). The molecule has 1 atom stereocenters. The first kappa shape index (κ1) is 19.1. The maximum absolute atomic E-state index is 12.7. The maximum Gasteiger partial charge on any atom is 0.308 e. The Morgan fingerprint density at radius 3 is 2.67 bits per heavy atom. The van der Waals surface area contributed by atoms with Crippen LogP contribution in [0.5, 0.6) is 0 Å². The smallest absolute Gasteiger partial charge is 0.308 e. The summed E-state index contributed by atoms with van der Waals surface area (Å²) in [5.41, 5.74) is 1.03. The highest BCUT2D eigenvalue weighted by Crippen LogP contribution is 2.30. The maximum atomic E-state index is 12.7. The average Bonchev–Trinajstić information content (AvgIpc) is 2.99. The van der Waals surface area contributed by atoms with Crippen molar-refractivity contribution >= 4 is 23.6 Å². The molecule has 2 aliphatic rings. The van der Waals surface area contributed by atoms with Gasteiger partial charge in [0.25, 0.3) is 5.91 Å². The largest absolute Gasteiger partial charge is 0.481 e. The quantitative estimate of drug-likeness (QED) is 0.853. The summed E-state index contributed by atoms with van der Waals surface area (Å²) in [6, 6.07) is 0. The molecule has 0 bridgehead atoms. The van der Waals surface area contributed by atoms with Crippen molar-refractivity contribution in [3.05, 3.63) is 22.6 Å². The number of furan rings is 1. The molecule has 0 saturated carbocycles. The van der Waals surface area contributed by atoms with Gasteiger partial charge in [0.1, 0.15) is 5.76 Å². The number of hydrogen-bond donors (Lipinski definition) is 1. The van der Waals surface area contributed by atoms with E-state index in [9.17, 15) is 19.2 Å².